The van der Waals surface area contributed by atoms with E-state index in [1.54, 1.807) is 0 Å². The van der Waals surface area contributed by atoms with Gasteiger partial charge in [0.15, 0.2) is 11.6 Å². The number of carbonyl (C=O) groups is 1. The van der Waals surface area contributed by atoms with Gasteiger partial charge in [-0.2, -0.15) is 4.39 Å². The fraction of sp³-hybridized carbons (Fsp3) is 0.300. The summed E-state index contributed by atoms with van der Waals surface area (Å²) in [6.07, 6.45) is 0.404. The van der Waals surface area contributed by atoms with E-state index >= 15 is 0 Å². The Balaban J connectivity index is 2.70. The van der Waals surface area contributed by atoms with Crippen molar-refractivity contribution in [2.24, 2.45) is 0 Å². The van der Waals surface area contributed by atoms with E-state index in [1.807, 2.05) is 0 Å². The molecule has 3 nitrogen and oxygen atoms in total. The summed E-state index contributed by atoms with van der Waals surface area (Å²) in [6.45, 7) is 0. The number of aromatic hydroxyl groups is 1. The van der Waals surface area contributed by atoms with Crippen LogP contribution in [-0.4, -0.2) is 16.2 Å². The molecule has 0 bridgehead atoms. The molecule has 0 unspecified atom stereocenters. The molecule has 15 heavy (non-hydrogen) atoms. The molecule has 2 N–H and O–H groups in total. The monoisotopic (exact) mass is 216 g/mol. The quantitative estimate of drug-likeness (QED) is 0.810. The maximum Gasteiger partial charge on any atom is 0.303 e. The molecule has 0 aliphatic heterocycles. The average molecular weight is 216 g/mol. The number of hydrogen-bond acceptors (Lipinski definition) is 2. The Labute approximate surface area is 85.0 Å². The first kappa shape index (κ1) is 11.4. The topological polar surface area (TPSA) is 57.5 Å². The van der Waals surface area contributed by atoms with Crippen LogP contribution in [0, 0.1) is 11.6 Å². The van der Waals surface area contributed by atoms with Gasteiger partial charge in [0.1, 0.15) is 0 Å². The average Bonchev–Trinajstić information content (AvgIpc) is 2.18. The second kappa shape index (κ2) is 4.72. The van der Waals surface area contributed by atoms with Crippen molar-refractivity contribution < 1.29 is 23.8 Å². The highest BCUT2D eigenvalue weighted by Crippen LogP contribution is 2.24. The Morgan fingerprint density at radius 2 is 2.00 bits per heavy atom. The minimum absolute atomic E-state index is 0.0710. The lowest BCUT2D eigenvalue weighted by Crippen LogP contribution is -1.97. The Bertz CT molecular complexity index is 377. The van der Waals surface area contributed by atoms with Crippen LogP contribution in [0.1, 0.15) is 18.4 Å². The Kier molecular flexibility index (Phi) is 3.60. The number of carboxylic acids is 1. The summed E-state index contributed by atoms with van der Waals surface area (Å²) < 4.78 is 25.4. The van der Waals surface area contributed by atoms with Crippen molar-refractivity contribution in [3.8, 4) is 5.75 Å². The lowest BCUT2D eigenvalue weighted by molar-refractivity contribution is -0.137. The largest absolute Gasteiger partial charge is 0.505 e. The van der Waals surface area contributed by atoms with Gasteiger partial charge in [-0.15, -0.1) is 0 Å². The van der Waals surface area contributed by atoms with Crippen LogP contribution < -0.4 is 0 Å². The van der Waals surface area contributed by atoms with Gasteiger partial charge >= 0.3 is 5.97 Å². The number of rotatable bonds is 4. The minimum atomic E-state index is -1.29. The van der Waals surface area contributed by atoms with Gasteiger partial charge in [0, 0.05) is 6.42 Å². The molecule has 0 saturated carbocycles. The van der Waals surface area contributed by atoms with Gasteiger partial charge in [-0.1, -0.05) is 6.07 Å². The van der Waals surface area contributed by atoms with Crippen LogP contribution in [0.3, 0.4) is 0 Å². The SMILES string of the molecule is O=C(O)CCCc1ccc(F)c(F)c1O. The fourth-order valence-electron chi connectivity index (χ4n) is 1.21. The Morgan fingerprint density at radius 1 is 1.33 bits per heavy atom. The van der Waals surface area contributed by atoms with E-state index in [9.17, 15) is 18.7 Å². The fourth-order valence-corrected chi connectivity index (χ4v) is 1.21. The third-order valence-corrected chi connectivity index (χ3v) is 1.99. The summed E-state index contributed by atoms with van der Waals surface area (Å²) in [6, 6.07) is 2.15. The molecule has 0 aliphatic rings. The first-order chi connectivity index (χ1) is 7.02. The highest BCUT2D eigenvalue weighted by Gasteiger charge is 2.12. The number of phenolic OH excluding ortho intramolecular Hbond substituents is 1. The van der Waals surface area contributed by atoms with Crippen LogP contribution in [-0.2, 0) is 11.2 Å². The Hall–Kier alpha value is -1.65. The van der Waals surface area contributed by atoms with Crippen LogP contribution in [0.2, 0.25) is 0 Å². The molecule has 1 rings (SSSR count). The number of benzene rings is 1. The van der Waals surface area contributed by atoms with E-state index in [1.165, 1.54) is 6.07 Å². The molecule has 0 radical (unpaired) electrons. The summed E-state index contributed by atoms with van der Waals surface area (Å²) in [5.74, 6) is -4.10. The van der Waals surface area contributed by atoms with Gasteiger partial charge in [0.05, 0.1) is 0 Å². The minimum Gasteiger partial charge on any atom is -0.505 e. The number of hydrogen-bond donors (Lipinski definition) is 2. The van der Waals surface area contributed by atoms with Crippen molar-refractivity contribution in [2.45, 2.75) is 19.3 Å². The molecule has 82 valence electrons. The molecule has 0 atom stereocenters. The predicted molar refractivity (Wildman–Crippen MR) is 48.6 cm³/mol. The zero-order valence-electron chi connectivity index (χ0n) is 7.83. The second-order valence-electron chi connectivity index (χ2n) is 3.12. The van der Waals surface area contributed by atoms with Gasteiger partial charge < -0.3 is 10.2 Å². The van der Waals surface area contributed by atoms with Gasteiger partial charge in [-0.25, -0.2) is 4.39 Å². The third kappa shape index (κ3) is 2.90. The molecule has 0 amide bonds. The zero-order chi connectivity index (χ0) is 11.4. The molecule has 0 saturated heterocycles. The number of halogens is 2. The van der Waals surface area contributed by atoms with E-state index in [2.05, 4.69) is 0 Å². The predicted octanol–water partition coefficient (Wildman–Crippen LogP) is 2.08. The maximum absolute atomic E-state index is 12.8. The highest BCUT2D eigenvalue weighted by atomic mass is 19.2. The van der Waals surface area contributed by atoms with Gasteiger partial charge in [-0.3, -0.25) is 4.79 Å². The third-order valence-electron chi connectivity index (χ3n) is 1.99. The maximum atomic E-state index is 12.8. The number of aryl methyl sites for hydroxylation is 1. The summed E-state index contributed by atoms with van der Waals surface area (Å²) in [5, 5.41) is 17.5. The lowest BCUT2D eigenvalue weighted by atomic mass is 10.1. The molecule has 0 aromatic heterocycles. The van der Waals surface area contributed by atoms with E-state index in [0.29, 0.717) is 0 Å². The standard InChI is InChI=1S/C10H10F2O3/c11-7-5-4-6(10(15)9(7)12)2-1-3-8(13)14/h4-5,15H,1-3H2,(H,13,14). The molecular formula is C10H10F2O3. The summed E-state index contributed by atoms with van der Waals surface area (Å²) >= 11 is 0. The van der Waals surface area contributed by atoms with Crippen molar-refractivity contribution in [3.05, 3.63) is 29.3 Å². The van der Waals surface area contributed by atoms with Crippen LogP contribution in [0.25, 0.3) is 0 Å². The van der Waals surface area contributed by atoms with Gasteiger partial charge in [0.25, 0.3) is 0 Å². The van der Waals surface area contributed by atoms with Crippen molar-refractivity contribution >= 4 is 5.97 Å². The van der Waals surface area contributed by atoms with Crippen molar-refractivity contribution in [2.75, 3.05) is 0 Å². The summed E-state index contributed by atoms with van der Waals surface area (Å²) in [7, 11) is 0. The van der Waals surface area contributed by atoms with Crippen LogP contribution in [0.4, 0.5) is 8.78 Å². The molecule has 5 heteroatoms. The van der Waals surface area contributed by atoms with E-state index in [0.717, 1.165) is 6.07 Å². The van der Waals surface area contributed by atoms with Crippen molar-refractivity contribution in [1.82, 2.24) is 0 Å². The van der Waals surface area contributed by atoms with Crippen molar-refractivity contribution in [3.63, 3.8) is 0 Å². The lowest BCUT2D eigenvalue weighted by Gasteiger charge is -2.04. The zero-order valence-corrected chi connectivity index (χ0v) is 7.83. The van der Waals surface area contributed by atoms with Crippen molar-refractivity contribution in [1.29, 1.82) is 0 Å². The van der Waals surface area contributed by atoms with E-state index in [4.69, 9.17) is 5.11 Å². The van der Waals surface area contributed by atoms with Crippen LogP contribution in [0.5, 0.6) is 5.75 Å². The first-order valence-corrected chi connectivity index (χ1v) is 4.40. The molecule has 0 aliphatic carbocycles. The number of carboxylic acid groups (broad SMARTS) is 1. The highest BCUT2D eigenvalue weighted by molar-refractivity contribution is 5.66. The van der Waals surface area contributed by atoms with Crippen LogP contribution in [0.15, 0.2) is 12.1 Å². The van der Waals surface area contributed by atoms with E-state index < -0.39 is 23.4 Å². The smallest absolute Gasteiger partial charge is 0.303 e. The van der Waals surface area contributed by atoms with Crippen LogP contribution >= 0.6 is 0 Å². The molecule has 1 aromatic rings. The van der Waals surface area contributed by atoms with Gasteiger partial charge in [0.2, 0.25) is 5.82 Å². The first-order valence-electron chi connectivity index (χ1n) is 4.40. The Morgan fingerprint density at radius 3 is 2.60 bits per heavy atom. The number of aliphatic carboxylic acids is 1. The molecule has 1 aromatic carbocycles. The molecule has 0 heterocycles. The second-order valence-corrected chi connectivity index (χ2v) is 3.12. The molecule has 0 spiro atoms. The van der Waals surface area contributed by atoms with E-state index in [-0.39, 0.29) is 24.8 Å². The summed E-state index contributed by atoms with van der Waals surface area (Å²) in [5.41, 5.74) is 0.218. The normalized spacial score (nSPS) is 10.3. The van der Waals surface area contributed by atoms with Gasteiger partial charge in [-0.05, 0) is 24.5 Å². The summed E-state index contributed by atoms with van der Waals surface area (Å²) in [4.78, 5) is 10.2. The molecule has 0 fully saturated rings. The molecular weight excluding hydrogens is 206 g/mol. The number of phenols is 1.